The van der Waals surface area contributed by atoms with Gasteiger partial charge in [-0.25, -0.2) is 22.2 Å². The van der Waals surface area contributed by atoms with E-state index in [1.165, 1.54) is 7.05 Å². The van der Waals surface area contributed by atoms with E-state index >= 15 is 0 Å². The second-order valence-electron chi connectivity index (χ2n) is 6.56. The van der Waals surface area contributed by atoms with Gasteiger partial charge in [0, 0.05) is 11.3 Å². The number of sulfonamides is 1. The van der Waals surface area contributed by atoms with Crippen molar-refractivity contribution in [3.05, 3.63) is 53.8 Å². The smallest absolute Gasteiger partial charge is 0.258 e. The Morgan fingerprint density at radius 1 is 1.21 bits per heavy atom. The third-order valence-electron chi connectivity index (χ3n) is 4.53. The van der Waals surface area contributed by atoms with Gasteiger partial charge >= 0.3 is 0 Å². The van der Waals surface area contributed by atoms with Crippen molar-refractivity contribution in [1.29, 1.82) is 0 Å². The van der Waals surface area contributed by atoms with Crippen LogP contribution in [0.5, 0.6) is 0 Å². The molecule has 29 heavy (non-hydrogen) atoms. The van der Waals surface area contributed by atoms with Crippen molar-refractivity contribution in [3.8, 4) is 11.4 Å². The molecule has 0 radical (unpaired) electrons. The van der Waals surface area contributed by atoms with Gasteiger partial charge in [0.2, 0.25) is 10.0 Å². The molecule has 150 valence electrons. The number of tetrazole rings is 1. The van der Waals surface area contributed by atoms with E-state index < -0.39 is 21.7 Å². The zero-order valence-corrected chi connectivity index (χ0v) is 16.1. The summed E-state index contributed by atoms with van der Waals surface area (Å²) in [7, 11) is -2.57. The number of nitrogens with one attached hydrogen (secondary N) is 2. The number of benzene rings is 2. The minimum absolute atomic E-state index is 0.205. The first-order chi connectivity index (χ1) is 13.9. The number of amides is 1. The molecule has 0 atom stereocenters. The molecule has 2 aromatic carbocycles. The number of nitrogens with zero attached hydrogens (tertiary/aromatic N) is 4. The first-order valence-electron chi connectivity index (χ1n) is 8.82. The molecule has 1 aromatic heterocycles. The minimum Gasteiger partial charge on any atom is -0.322 e. The maximum absolute atomic E-state index is 14.2. The Morgan fingerprint density at radius 2 is 2.00 bits per heavy atom. The SMILES string of the molecule is CNS(=O)(=O)c1ccc(F)c(C(=O)Nc2cccc(-c3nnnn3C3CC3)c2)c1. The first kappa shape index (κ1) is 19.2. The highest BCUT2D eigenvalue weighted by Gasteiger charge is 2.28. The van der Waals surface area contributed by atoms with Crippen LogP contribution in [0.2, 0.25) is 0 Å². The van der Waals surface area contributed by atoms with Gasteiger partial charge in [0.1, 0.15) is 5.82 Å². The molecule has 0 spiro atoms. The van der Waals surface area contributed by atoms with Gasteiger partial charge in [-0.3, -0.25) is 4.79 Å². The van der Waals surface area contributed by atoms with Crippen molar-refractivity contribution in [3.63, 3.8) is 0 Å². The van der Waals surface area contributed by atoms with E-state index in [4.69, 9.17) is 0 Å². The van der Waals surface area contributed by atoms with Gasteiger partial charge in [-0.2, -0.15) is 0 Å². The van der Waals surface area contributed by atoms with E-state index in [-0.39, 0.29) is 16.5 Å². The number of rotatable bonds is 6. The summed E-state index contributed by atoms with van der Waals surface area (Å²) < 4.78 is 41.9. The lowest BCUT2D eigenvalue weighted by Crippen LogP contribution is -2.20. The fraction of sp³-hybridized carbons (Fsp3) is 0.222. The number of anilines is 1. The molecule has 11 heteroatoms. The highest BCUT2D eigenvalue weighted by molar-refractivity contribution is 7.89. The topological polar surface area (TPSA) is 119 Å². The fourth-order valence-corrected chi connectivity index (χ4v) is 3.60. The van der Waals surface area contributed by atoms with E-state index in [2.05, 4.69) is 25.6 Å². The van der Waals surface area contributed by atoms with Crippen LogP contribution in [-0.2, 0) is 10.0 Å². The van der Waals surface area contributed by atoms with E-state index in [9.17, 15) is 17.6 Å². The van der Waals surface area contributed by atoms with E-state index in [1.54, 1.807) is 28.9 Å². The molecule has 1 heterocycles. The lowest BCUT2D eigenvalue weighted by Gasteiger charge is -2.10. The van der Waals surface area contributed by atoms with Crippen LogP contribution in [0.15, 0.2) is 47.4 Å². The van der Waals surface area contributed by atoms with Gasteiger partial charge in [-0.05, 0) is 60.6 Å². The summed E-state index contributed by atoms with van der Waals surface area (Å²) in [6.07, 6.45) is 2.03. The summed E-state index contributed by atoms with van der Waals surface area (Å²) in [5, 5.41) is 14.3. The molecule has 1 aliphatic carbocycles. The Bertz CT molecular complexity index is 1190. The molecular weight excluding hydrogens is 399 g/mol. The average Bonchev–Trinajstić information content (AvgIpc) is 3.44. The van der Waals surface area contributed by atoms with Crippen molar-refractivity contribution in [2.45, 2.75) is 23.8 Å². The van der Waals surface area contributed by atoms with E-state index in [1.807, 2.05) is 0 Å². The summed E-state index contributed by atoms with van der Waals surface area (Å²) in [5.41, 5.74) is 0.723. The van der Waals surface area contributed by atoms with Gasteiger partial charge in [0.15, 0.2) is 5.82 Å². The number of carbonyl (C=O) groups is 1. The third kappa shape index (κ3) is 3.87. The molecule has 0 bridgehead atoms. The van der Waals surface area contributed by atoms with Crippen LogP contribution in [-0.4, -0.2) is 41.6 Å². The summed E-state index contributed by atoms with van der Waals surface area (Å²) in [6.45, 7) is 0. The van der Waals surface area contributed by atoms with Crippen molar-refractivity contribution in [2.75, 3.05) is 12.4 Å². The van der Waals surface area contributed by atoms with Crippen LogP contribution in [0.3, 0.4) is 0 Å². The van der Waals surface area contributed by atoms with Gasteiger partial charge in [0.05, 0.1) is 16.5 Å². The molecule has 0 saturated heterocycles. The second-order valence-corrected chi connectivity index (χ2v) is 8.45. The zero-order valence-electron chi connectivity index (χ0n) is 15.3. The van der Waals surface area contributed by atoms with Crippen molar-refractivity contribution in [2.24, 2.45) is 0 Å². The van der Waals surface area contributed by atoms with Crippen molar-refractivity contribution >= 4 is 21.6 Å². The monoisotopic (exact) mass is 416 g/mol. The maximum Gasteiger partial charge on any atom is 0.258 e. The molecule has 1 saturated carbocycles. The predicted molar refractivity (Wildman–Crippen MR) is 102 cm³/mol. The summed E-state index contributed by atoms with van der Waals surface area (Å²) in [4.78, 5) is 12.4. The molecule has 0 aliphatic heterocycles. The molecule has 3 aromatic rings. The van der Waals surface area contributed by atoms with Crippen LogP contribution in [0.25, 0.3) is 11.4 Å². The van der Waals surface area contributed by atoms with Gasteiger partial charge < -0.3 is 5.32 Å². The zero-order chi connectivity index (χ0) is 20.6. The fourth-order valence-electron chi connectivity index (χ4n) is 2.85. The molecule has 1 amide bonds. The van der Waals surface area contributed by atoms with Crippen LogP contribution < -0.4 is 10.0 Å². The van der Waals surface area contributed by atoms with Gasteiger partial charge in [-0.1, -0.05) is 12.1 Å². The van der Waals surface area contributed by atoms with Crippen molar-refractivity contribution in [1.82, 2.24) is 24.9 Å². The molecule has 9 nitrogen and oxygen atoms in total. The number of halogens is 1. The van der Waals surface area contributed by atoms with Crippen LogP contribution in [0.1, 0.15) is 29.2 Å². The number of aromatic nitrogens is 4. The lowest BCUT2D eigenvalue weighted by atomic mass is 10.1. The quantitative estimate of drug-likeness (QED) is 0.634. The Hall–Kier alpha value is -3.18. The Labute approximate surface area is 166 Å². The summed E-state index contributed by atoms with van der Waals surface area (Å²) in [6, 6.07) is 10.1. The maximum atomic E-state index is 14.2. The minimum atomic E-state index is -3.81. The van der Waals surface area contributed by atoms with Crippen LogP contribution in [0, 0.1) is 5.82 Å². The van der Waals surface area contributed by atoms with E-state index in [0.29, 0.717) is 17.1 Å². The highest BCUT2D eigenvalue weighted by atomic mass is 32.2. The first-order valence-corrected chi connectivity index (χ1v) is 10.3. The Kier molecular flexibility index (Phi) is 4.84. The lowest BCUT2D eigenvalue weighted by molar-refractivity contribution is 0.102. The average molecular weight is 416 g/mol. The number of hydrogen-bond acceptors (Lipinski definition) is 6. The Balaban J connectivity index is 1.61. The predicted octanol–water partition coefficient (Wildman–Crippen LogP) is 1.97. The number of hydrogen-bond donors (Lipinski definition) is 2. The number of carbonyl (C=O) groups excluding carboxylic acids is 1. The third-order valence-corrected chi connectivity index (χ3v) is 5.94. The normalized spacial score (nSPS) is 14.0. The molecule has 1 aliphatic rings. The summed E-state index contributed by atoms with van der Waals surface area (Å²) >= 11 is 0. The van der Waals surface area contributed by atoms with Gasteiger partial charge in [0.25, 0.3) is 5.91 Å². The highest BCUT2D eigenvalue weighted by Crippen LogP contribution is 2.36. The van der Waals surface area contributed by atoms with Crippen LogP contribution >= 0.6 is 0 Å². The molecule has 0 unspecified atom stereocenters. The molecular formula is C18H17FN6O3S. The molecule has 2 N–H and O–H groups in total. The molecule has 1 fully saturated rings. The Morgan fingerprint density at radius 3 is 2.72 bits per heavy atom. The van der Waals surface area contributed by atoms with E-state index in [0.717, 1.165) is 31.0 Å². The van der Waals surface area contributed by atoms with Gasteiger partial charge in [-0.15, -0.1) is 5.10 Å². The largest absolute Gasteiger partial charge is 0.322 e. The standard InChI is InChI=1S/C18H17FN6O3S/c1-20-29(27,28)14-7-8-16(19)15(10-14)18(26)21-12-4-2-3-11(9-12)17-22-23-24-25(17)13-5-6-13/h2-4,7-10,13,20H,5-6H2,1H3,(H,21,26). The molecule has 4 rings (SSSR count). The summed E-state index contributed by atoms with van der Waals surface area (Å²) in [5.74, 6) is -1.02. The van der Waals surface area contributed by atoms with Crippen molar-refractivity contribution < 1.29 is 17.6 Å². The van der Waals surface area contributed by atoms with Crippen LogP contribution in [0.4, 0.5) is 10.1 Å². The second kappa shape index (κ2) is 7.33.